The summed E-state index contributed by atoms with van der Waals surface area (Å²) in [5, 5.41) is 9.75. The van der Waals surface area contributed by atoms with E-state index < -0.39 is 5.60 Å². The molecular formula is C10H16O3. The Labute approximate surface area is 78.1 Å². The third-order valence-corrected chi connectivity index (χ3v) is 2.71. The van der Waals surface area contributed by atoms with Gasteiger partial charge in [0, 0.05) is 12.8 Å². The summed E-state index contributed by atoms with van der Waals surface area (Å²) in [6.07, 6.45) is 0.785. The van der Waals surface area contributed by atoms with Crippen LogP contribution in [0.5, 0.6) is 0 Å². The third-order valence-electron chi connectivity index (χ3n) is 2.71. The Bertz CT molecular complexity index is 233. The van der Waals surface area contributed by atoms with Crippen LogP contribution in [0.1, 0.15) is 40.0 Å². The van der Waals surface area contributed by atoms with Crippen LogP contribution in [0.2, 0.25) is 0 Å². The van der Waals surface area contributed by atoms with Gasteiger partial charge in [-0.1, -0.05) is 20.8 Å². The Morgan fingerprint density at radius 2 is 1.62 bits per heavy atom. The third kappa shape index (κ3) is 1.66. The van der Waals surface area contributed by atoms with Gasteiger partial charge < -0.3 is 5.11 Å². The van der Waals surface area contributed by atoms with Gasteiger partial charge in [0.2, 0.25) is 0 Å². The van der Waals surface area contributed by atoms with Crippen LogP contribution >= 0.6 is 0 Å². The maximum atomic E-state index is 11.5. The molecule has 1 aliphatic rings. The minimum atomic E-state index is -1.68. The summed E-state index contributed by atoms with van der Waals surface area (Å²) in [6, 6.07) is 0. The second-order valence-electron chi connectivity index (χ2n) is 4.58. The minimum Gasteiger partial charge on any atom is -0.375 e. The number of Topliss-reactive ketones (excluding diaryl/α,β-unsaturated/α-hetero) is 2. The van der Waals surface area contributed by atoms with Crippen molar-refractivity contribution in [3.8, 4) is 0 Å². The molecule has 0 saturated heterocycles. The standard InChI is InChI=1S/C10H16O3/c1-4-10(13)7(11)5-9(2,3)6-8(10)12/h13H,4-6H2,1-3H3. The number of hydrogen-bond donors (Lipinski definition) is 1. The van der Waals surface area contributed by atoms with E-state index >= 15 is 0 Å². The van der Waals surface area contributed by atoms with E-state index in [0.717, 1.165) is 0 Å². The number of carbonyl (C=O) groups excluding carboxylic acids is 2. The first-order valence-electron chi connectivity index (χ1n) is 4.61. The van der Waals surface area contributed by atoms with Gasteiger partial charge in [0.25, 0.3) is 0 Å². The molecule has 0 bridgehead atoms. The highest BCUT2D eigenvalue weighted by Gasteiger charge is 2.49. The van der Waals surface area contributed by atoms with Gasteiger partial charge in [0.15, 0.2) is 17.2 Å². The lowest BCUT2D eigenvalue weighted by Gasteiger charge is -2.36. The average molecular weight is 184 g/mol. The second-order valence-corrected chi connectivity index (χ2v) is 4.58. The summed E-state index contributed by atoms with van der Waals surface area (Å²) in [6.45, 7) is 5.41. The normalized spacial score (nSPS) is 26.2. The summed E-state index contributed by atoms with van der Waals surface area (Å²) in [5.74, 6) is -0.646. The number of ketones is 2. The molecule has 0 aromatic rings. The molecule has 0 heterocycles. The molecular weight excluding hydrogens is 168 g/mol. The molecule has 0 spiro atoms. The largest absolute Gasteiger partial charge is 0.375 e. The van der Waals surface area contributed by atoms with Gasteiger partial charge in [-0.25, -0.2) is 0 Å². The molecule has 1 aliphatic carbocycles. The highest BCUT2D eigenvalue weighted by atomic mass is 16.3. The van der Waals surface area contributed by atoms with E-state index in [2.05, 4.69) is 0 Å². The molecule has 74 valence electrons. The molecule has 1 N–H and O–H groups in total. The predicted molar refractivity (Wildman–Crippen MR) is 48.3 cm³/mol. The van der Waals surface area contributed by atoms with Crippen molar-refractivity contribution in [3.05, 3.63) is 0 Å². The Kier molecular flexibility index (Phi) is 2.32. The van der Waals surface area contributed by atoms with E-state index in [1.807, 2.05) is 13.8 Å². The fourth-order valence-corrected chi connectivity index (χ4v) is 1.77. The predicted octanol–water partition coefficient (Wildman–Crippen LogP) is 1.09. The first kappa shape index (κ1) is 10.4. The summed E-state index contributed by atoms with van der Waals surface area (Å²) in [5.41, 5.74) is -1.97. The first-order valence-corrected chi connectivity index (χ1v) is 4.61. The maximum absolute atomic E-state index is 11.5. The van der Waals surface area contributed by atoms with Gasteiger partial charge >= 0.3 is 0 Å². The van der Waals surface area contributed by atoms with Gasteiger partial charge in [-0.15, -0.1) is 0 Å². The molecule has 0 aliphatic heterocycles. The average Bonchev–Trinajstić information content (AvgIpc) is 1.98. The van der Waals surface area contributed by atoms with Crippen LogP contribution in [0.25, 0.3) is 0 Å². The zero-order valence-electron chi connectivity index (χ0n) is 8.39. The van der Waals surface area contributed by atoms with Gasteiger partial charge in [-0.2, -0.15) is 0 Å². The van der Waals surface area contributed by atoms with E-state index in [4.69, 9.17) is 0 Å². The lowest BCUT2D eigenvalue weighted by molar-refractivity contribution is -0.158. The van der Waals surface area contributed by atoms with E-state index in [0.29, 0.717) is 12.8 Å². The van der Waals surface area contributed by atoms with E-state index in [1.165, 1.54) is 0 Å². The number of hydrogen-bond acceptors (Lipinski definition) is 3. The summed E-state index contributed by atoms with van der Waals surface area (Å²) >= 11 is 0. The molecule has 0 aromatic heterocycles. The van der Waals surface area contributed by atoms with Crippen molar-refractivity contribution in [2.45, 2.75) is 45.6 Å². The van der Waals surface area contributed by atoms with Crippen LogP contribution in [0, 0.1) is 5.41 Å². The SMILES string of the molecule is CCC1(O)C(=O)CC(C)(C)CC1=O. The highest BCUT2D eigenvalue weighted by Crippen LogP contribution is 2.36. The maximum Gasteiger partial charge on any atom is 0.180 e. The second kappa shape index (κ2) is 2.91. The van der Waals surface area contributed by atoms with Crippen LogP contribution in [-0.2, 0) is 9.59 Å². The van der Waals surface area contributed by atoms with Crippen LogP contribution in [-0.4, -0.2) is 22.3 Å². The highest BCUT2D eigenvalue weighted by molar-refractivity contribution is 6.12. The van der Waals surface area contributed by atoms with Crippen LogP contribution < -0.4 is 0 Å². The monoisotopic (exact) mass is 184 g/mol. The lowest BCUT2D eigenvalue weighted by atomic mass is 9.68. The van der Waals surface area contributed by atoms with Crippen molar-refractivity contribution in [2.24, 2.45) is 5.41 Å². The fourth-order valence-electron chi connectivity index (χ4n) is 1.77. The first-order chi connectivity index (χ1) is 5.82. The summed E-state index contributed by atoms with van der Waals surface area (Å²) in [4.78, 5) is 23.0. The van der Waals surface area contributed by atoms with Crippen molar-refractivity contribution >= 4 is 11.6 Å². The van der Waals surface area contributed by atoms with E-state index in [9.17, 15) is 14.7 Å². The zero-order chi connectivity index (χ0) is 10.3. The number of aliphatic hydroxyl groups is 1. The van der Waals surface area contributed by atoms with Crippen LogP contribution in [0.4, 0.5) is 0 Å². The quantitative estimate of drug-likeness (QED) is 0.620. The Hall–Kier alpha value is -0.700. The van der Waals surface area contributed by atoms with Crippen molar-refractivity contribution in [1.82, 2.24) is 0 Å². The minimum absolute atomic E-state index is 0.195. The van der Waals surface area contributed by atoms with Crippen molar-refractivity contribution < 1.29 is 14.7 Å². The molecule has 3 nitrogen and oxygen atoms in total. The Morgan fingerprint density at radius 3 is 1.92 bits per heavy atom. The number of rotatable bonds is 1. The summed E-state index contributed by atoms with van der Waals surface area (Å²) < 4.78 is 0. The molecule has 1 fully saturated rings. The van der Waals surface area contributed by atoms with Gasteiger partial charge in [-0.05, 0) is 11.8 Å². The molecule has 1 saturated carbocycles. The van der Waals surface area contributed by atoms with Gasteiger partial charge in [-0.3, -0.25) is 9.59 Å². The molecule has 0 atom stereocenters. The molecule has 1 rings (SSSR count). The fraction of sp³-hybridized carbons (Fsp3) is 0.800. The molecule has 13 heavy (non-hydrogen) atoms. The zero-order valence-corrected chi connectivity index (χ0v) is 8.39. The van der Waals surface area contributed by atoms with Crippen molar-refractivity contribution in [2.75, 3.05) is 0 Å². The van der Waals surface area contributed by atoms with Gasteiger partial charge in [0.1, 0.15) is 0 Å². The molecule has 0 unspecified atom stereocenters. The molecule has 3 heteroatoms. The Balaban J connectivity index is 2.96. The smallest absolute Gasteiger partial charge is 0.180 e. The molecule has 0 aromatic carbocycles. The van der Waals surface area contributed by atoms with Crippen LogP contribution in [0.15, 0.2) is 0 Å². The molecule has 0 amide bonds. The topological polar surface area (TPSA) is 54.4 Å². The molecule has 0 radical (unpaired) electrons. The van der Waals surface area contributed by atoms with Crippen LogP contribution in [0.3, 0.4) is 0 Å². The van der Waals surface area contributed by atoms with E-state index in [1.54, 1.807) is 6.92 Å². The van der Waals surface area contributed by atoms with Crippen molar-refractivity contribution in [3.63, 3.8) is 0 Å². The van der Waals surface area contributed by atoms with Gasteiger partial charge in [0.05, 0.1) is 0 Å². The lowest BCUT2D eigenvalue weighted by Crippen LogP contribution is -2.52. The number of carbonyl (C=O) groups is 2. The summed E-state index contributed by atoms with van der Waals surface area (Å²) in [7, 11) is 0. The Morgan fingerprint density at radius 1 is 1.23 bits per heavy atom. The van der Waals surface area contributed by atoms with E-state index in [-0.39, 0.29) is 23.4 Å². The van der Waals surface area contributed by atoms with Crippen molar-refractivity contribution in [1.29, 1.82) is 0 Å².